The third-order valence-electron chi connectivity index (χ3n) is 2.30. The molecule has 0 amide bonds. The molecule has 1 N–H and O–H groups in total. The van der Waals surface area contributed by atoms with Crippen LogP contribution in [0.5, 0.6) is 0 Å². The van der Waals surface area contributed by atoms with Crippen LogP contribution in [0.1, 0.15) is 11.4 Å². The van der Waals surface area contributed by atoms with Crippen molar-refractivity contribution >= 4 is 33.2 Å². The molecule has 94 valence electrons. The maximum absolute atomic E-state index is 13.6. The number of rotatable bonds is 4. The average molecular weight is 330 g/mol. The van der Waals surface area contributed by atoms with Gasteiger partial charge in [0.05, 0.1) is 16.3 Å². The Morgan fingerprint density at radius 2 is 2.28 bits per heavy atom. The van der Waals surface area contributed by atoms with Crippen molar-refractivity contribution in [3.05, 3.63) is 39.7 Å². The maximum Gasteiger partial charge on any atom is 0.303 e. The first-order chi connectivity index (χ1) is 8.56. The molecule has 0 spiro atoms. The molecule has 6 heteroatoms. The van der Waals surface area contributed by atoms with Crippen LogP contribution in [0.3, 0.4) is 0 Å². The number of carboxylic acids is 1. The zero-order chi connectivity index (χ0) is 13.1. The smallest absolute Gasteiger partial charge is 0.303 e. The Labute approximate surface area is 115 Å². The van der Waals surface area contributed by atoms with Crippen LogP contribution >= 0.6 is 27.3 Å². The molecule has 18 heavy (non-hydrogen) atoms. The van der Waals surface area contributed by atoms with Gasteiger partial charge < -0.3 is 5.11 Å². The number of aromatic nitrogens is 1. The highest BCUT2D eigenvalue weighted by atomic mass is 79.9. The molecule has 3 nitrogen and oxygen atoms in total. The van der Waals surface area contributed by atoms with Gasteiger partial charge in [-0.1, -0.05) is 15.9 Å². The van der Waals surface area contributed by atoms with Crippen LogP contribution in [-0.2, 0) is 11.2 Å². The van der Waals surface area contributed by atoms with Gasteiger partial charge in [-0.2, -0.15) is 0 Å². The first kappa shape index (κ1) is 13.2. The van der Waals surface area contributed by atoms with Crippen molar-refractivity contribution in [2.75, 3.05) is 0 Å². The van der Waals surface area contributed by atoms with Crippen molar-refractivity contribution in [2.45, 2.75) is 12.8 Å². The topological polar surface area (TPSA) is 50.2 Å². The summed E-state index contributed by atoms with van der Waals surface area (Å²) in [6.07, 6.45) is 1.98. The lowest BCUT2D eigenvalue weighted by Crippen LogP contribution is -1.96. The summed E-state index contributed by atoms with van der Waals surface area (Å²) in [5.41, 5.74) is 0.475. The van der Waals surface area contributed by atoms with E-state index in [4.69, 9.17) is 5.11 Å². The quantitative estimate of drug-likeness (QED) is 0.929. The van der Waals surface area contributed by atoms with E-state index in [1.54, 1.807) is 18.3 Å². The maximum atomic E-state index is 13.6. The number of hydrogen-bond donors (Lipinski definition) is 1. The van der Waals surface area contributed by atoms with Crippen LogP contribution < -0.4 is 0 Å². The minimum atomic E-state index is -0.861. The zero-order valence-corrected chi connectivity index (χ0v) is 11.6. The van der Waals surface area contributed by atoms with E-state index < -0.39 is 5.97 Å². The highest BCUT2D eigenvalue weighted by Crippen LogP contribution is 2.31. The Bertz CT molecular complexity index is 585. The second-order valence-electron chi connectivity index (χ2n) is 3.64. The molecule has 0 saturated heterocycles. The van der Waals surface area contributed by atoms with Crippen LogP contribution in [0, 0.1) is 5.82 Å². The van der Waals surface area contributed by atoms with E-state index in [0.29, 0.717) is 21.9 Å². The Morgan fingerprint density at radius 3 is 3.00 bits per heavy atom. The number of thiazole rings is 1. The molecule has 2 rings (SSSR count). The molecule has 1 aromatic carbocycles. The van der Waals surface area contributed by atoms with E-state index in [1.807, 2.05) is 0 Å². The highest BCUT2D eigenvalue weighted by molar-refractivity contribution is 9.10. The van der Waals surface area contributed by atoms with Crippen molar-refractivity contribution in [2.24, 2.45) is 0 Å². The van der Waals surface area contributed by atoms with Gasteiger partial charge in [-0.3, -0.25) is 4.79 Å². The lowest BCUT2D eigenvalue weighted by Gasteiger charge is -1.99. The number of carbonyl (C=O) groups is 1. The van der Waals surface area contributed by atoms with E-state index in [2.05, 4.69) is 20.9 Å². The number of carboxylic acid groups (broad SMARTS) is 1. The molecule has 0 unspecified atom stereocenters. The summed E-state index contributed by atoms with van der Waals surface area (Å²) >= 11 is 4.61. The third kappa shape index (κ3) is 3.14. The van der Waals surface area contributed by atoms with Crippen LogP contribution in [0.25, 0.3) is 10.4 Å². The van der Waals surface area contributed by atoms with Gasteiger partial charge in [0.2, 0.25) is 0 Å². The van der Waals surface area contributed by atoms with E-state index in [-0.39, 0.29) is 12.2 Å². The van der Waals surface area contributed by atoms with Gasteiger partial charge in [-0.05, 0) is 18.2 Å². The molecule has 0 radical (unpaired) electrons. The fourth-order valence-electron chi connectivity index (χ4n) is 1.45. The summed E-state index contributed by atoms with van der Waals surface area (Å²) in [6, 6.07) is 4.70. The Kier molecular flexibility index (Phi) is 4.08. The second kappa shape index (κ2) is 5.58. The minimum absolute atomic E-state index is 0.0356. The molecule has 0 aliphatic rings. The third-order valence-corrected chi connectivity index (χ3v) is 3.88. The average Bonchev–Trinajstić information content (AvgIpc) is 2.78. The highest BCUT2D eigenvalue weighted by Gasteiger charge is 2.10. The largest absolute Gasteiger partial charge is 0.481 e. The van der Waals surface area contributed by atoms with Crippen LogP contribution in [0.15, 0.2) is 28.9 Å². The lowest BCUT2D eigenvalue weighted by atomic mass is 10.2. The van der Waals surface area contributed by atoms with E-state index >= 15 is 0 Å². The monoisotopic (exact) mass is 329 g/mol. The molecule has 0 bridgehead atoms. The zero-order valence-electron chi connectivity index (χ0n) is 9.19. The Hall–Kier alpha value is -1.27. The molecule has 1 heterocycles. The number of aliphatic carboxylic acids is 1. The van der Waals surface area contributed by atoms with E-state index in [1.165, 1.54) is 17.4 Å². The molecule has 0 atom stereocenters. The van der Waals surface area contributed by atoms with Gasteiger partial charge in [-0.25, -0.2) is 9.37 Å². The molecular formula is C12H9BrFNO2S. The van der Waals surface area contributed by atoms with Crippen molar-refractivity contribution in [3.63, 3.8) is 0 Å². The Morgan fingerprint density at radius 1 is 1.50 bits per heavy atom. The Balaban J connectivity index is 2.23. The second-order valence-corrected chi connectivity index (χ2v) is 5.67. The number of hydrogen-bond acceptors (Lipinski definition) is 3. The van der Waals surface area contributed by atoms with E-state index in [9.17, 15) is 9.18 Å². The van der Waals surface area contributed by atoms with Crippen LogP contribution in [0.2, 0.25) is 0 Å². The normalized spacial score (nSPS) is 10.6. The summed E-state index contributed by atoms with van der Waals surface area (Å²) in [4.78, 5) is 15.3. The predicted octanol–water partition coefficient (Wildman–Crippen LogP) is 3.73. The van der Waals surface area contributed by atoms with Gasteiger partial charge in [0.15, 0.2) is 0 Å². The van der Waals surface area contributed by atoms with Gasteiger partial charge in [0, 0.05) is 22.7 Å². The summed E-state index contributed by atoms with van der Waals surface area (Å²) < 4.78 is 14.4. The van der Waals surface area contributed by atoms with Gasteiger partial charge >= 0.3 is 5.97 Å². The van der Waals surface area contributed by atoms with Crippen molar-refractivity contribution in [1.82, 2.24) is 4.98 Å². The number of aryl methyl sites for hydroxylation is 1. The van der Waals surface area contributed by atoms with E-state index in [0.717, 1.165) is 4.47 Å². The summed E-state index contributed by atoms with van der Waals surface area (Å²) in [5, 5.41) is 9.29. The van der Waals surface area contributed by atoms with Crippen molar-refractivity contribution in [3.8, 4) is 10.4 Å². The SMILES string of the molecule is O=C(O)CCc1ncc(-c2cc(Br)ccc2F)s1. The molecular weight excluding hydrogens is 321 g/mol. The summed E-state index contributed by atoms with van der Waals surface area (Å²) in [5.74, 6) is -1.17. The molecule has 2 aromatic rings. The molecule has 0 fully saturated rings. The van der Waals surface area contributed by atoms with Gasteiger partial charge in [-0.15, -0.1) is 11.3 Å². The van der Waals surface area contributed by atoms with Crippen molar-refractivity contribution in [1.29, 1.82) is 0 Å². The fourth-order valence-corrected chi connectivity index (χ4v) is 2.75. The number of benzene rings is 1. The molecule has 1 aromatic heterocycles. The van der Waals surface area contributed by atoms with Crippen LogP contribution in [0.4, 0.5) is 4.39 Å². The minimum Gasteiger partial charge on any atom is -0.481 e. The number of nitrogens with zero attached hydrogens (tertiary/aromatic N) is 1. The van der Waals surface area contributed by atoms with Gasteiger partial charge in [0.25, 0.3) is 0 Å². The van der Waals surface area contributed by atoms with Gasteiger partial charge in [0.1, 0.15) is 5.82 Å². The lowest BCUT2D eigenvalue weighted by molar-refractivity contribution is -0.136. The molecule has 0 aliphatic heterocycles. The number of halogens is 2. The summed E-state index contributed by atoms with van der Waals surface area (Å²) in [7, 11) is 0. The van der Waals surface area contributed by atoms with Crippen molar-refractivity contribution < 1.29 is 14.3 Å². The van der Waals surface area contributed by atoms with Crippen LogP contribution in [-0.4, -0.2) is 16.1 Å². The molecule has 0 aliphatic carbocycles. The first-order valence-corrected chi connectivity index (χ1v) is 6.79. The summed E-state index contributed by atoms with van der Waals surface area (Å²) in [6.45, 7) is 0. The first-order valence-electron chi connectivity index (χ1n) is 5.18. The molecule has 0 saturated carbocycles. The standard InChI is InChI=1S/C12H9BrFNO2S/c13-7-1-2-9(14)8(5-7)10-6-15-11(18-10)3-4-12(16)17/h1-2,5-6H,3-4H2,(H,16,17). The fraction of sp³-hybridized carbons (Fsp3) is 0.167. The predicted molar refractivity (Wildman–Crippen MR) is 71.2 cm³/mol.